The van der Waals surface area contributed by atoms with Crippen molar-refractivity contribution in [3.05, 3.63) is 72.8 Å². The second-order valence-electron chi connectivity index (χ2n) is 7.38. The van der Waals surface area contributed by atoms with Gasteiger partial charge in [-0.3, -0.25) is 4.79 Å². The van der Waals surface area contributed by atoms with E-state index in [-0.39, 0.29) is 12.2 Å². The van der Waals surface area contributed by atoms with E-state index in [4.69, 9.17) is 0 Å². The van der Waals surface area contributed by atoms with Gasteiger partial charge in [-0.1, -0.05) is 59.0 Å². The molecule has 10 nitrogen and oxygen atoms in total. The van der Waals surface area contributed by atoms with E-state index in [1.807, 2.05) is 72.8 Å². The third-order valence-electron chi connectivity index (χ3n) is 5.64. The predicted octanol–water partition coefficient (Wildman–Crippen LogP) is 2.61. The first-order valence-electron chi connectivity index (χ1n) is 10.2. The van der Waals surface area contributed by atoms with Crippen molar-refractivity contribution in [3.8, 4) is 0 Å². The summed E-state index contributed by atoms with van der Waals surface area (Å²) in [5.74, 6) is -1.84. The monoisotopic (exact) mass is 423 g/mol. The zero-order valence-corrected chi connectivity index (χ0v) is 17.1. The molecule has 156 valence electrons. The third-order valence-corrected chi connectivity index (χ3v) is 5.64. The van der Waals surface area contributed by atoms with Gasteiger partial charge in [0.05, 0.1) is 16.6 Å². The molecule has 0 atom stereocenters. The van der Waals surface area contributed by atoms with E-state index in [9.17, 15) is 4.79 Å². The Labute approximate surface area is 181 Å². The number of fused-ring (bicyclic) bond motifs is 3. The highest BCUT2D eigenvalue weighted by atomic mass is 16.1. The highest BCUT2D eigenvalue weighted by Crippen LogP contribution is 2.32. The summed E-state index contributed by atoms with van der Waals surface area (Å²) in [5.41, 5.74) is 3.93. The molecule has 10 heteroatoms. The van der Waals surface area contributed by atoms with E-state index in [0.29, 0.717) is 33.1 Å². The van der Waals surface area contributed by atoms with Crippen LogP contribution >= 0.6 is 0 Å². The van der Waals surface area contributed by atoms with Crippen LogP contribution < -0.4 is 0 Å². The van der Waals surface area contributed by atoms with Gasteiger partial charge in [0.25, 0.3) is 0 Å². The number of hydrogen-bond acceptors (Lipinski definition) is 7. The standard InChI is InChI=1S/C22H17N9O/c1-2-21(32)22(29-18-12-6-3-9-15(18)23-26-29,30-19-13-7-4-10-16(19)24-27-30)31-20-14-8-5-11-17(20)25-28-31/h3-14H,2H2,1H3. The molecule has 0 fully saturated rings. The molecule has 0 amide bonds. The van der Waals surface area contributed by atoms with Crippen LogP contribution in [0.4, 0.5) is 0 Å². The first-order valence-corrected chi connectivity index (χ1v) is 10.2. The first kappa shape index (κ1) is 18.3. The van der Waals surface area contributed by atoms with E-state index in [1.165, 1.54) is 0 Å². The molecule has 3 heterocycles. The molecule has 3 aromatic carbocycles. The van der Waals surface area contributed by atoms with Crippen molar-refractivity contribution in [2.24, 2.45) is 0 Å². The van der Waals surface area contributed by atoms with E-state index in [1.54, 1.807) is 21.0 Å². The number of nitrogens with zero attached hydrogens (tertiary/aromatic N) is 9. The van der Waals surface area contributed by atoms with Crippen LogP contribution in [0.15, 0.2) is 72.8 Å². The molecule has 0 unspecified atom stereocenters. The molecule has 32 heavy (non-hydrogen) atoms. The Bertz CT molecular complexity index is 1430. The van der Waals surface area contributed by atoms with E-state index in [2.05, 4.69) is 30.9 Å². The van der Waals surface area contributed by atoms with Gasteiger partial charge in [0.2, 0.25) is 5.78 Å². The smallest absolute Gasteiger partial charge is 0.292 e. The van der Waals surface area contributed by atoms with Crippen LogP contribution in [0.1, 0.15) is 13.3 Å². The molecule has 0 N–H and O–H groups in total. The zero-order valence-electron chi connectivity index (χ0n) is 17.1. The fourth-order valence-corrected chi connectivity index (χ4v) is 4.16. The van der Waals surface area contributed by atoms with Crippen molar-refractivity contribution < 1.29 is 4.79 Å². The predicted molar refractivity (Wildman–Crippen MR) is 117 cm³/mol. The maximum atomic E-state index is 14.0. The summed E-state index contributed by atoms with van der Waals surface area (Å²) in [6, 6.07) is 22.4. The first-order chi connectivity index (χ1) is 15.7. The maximum Gasteiger partial charge on any atom is 0.316 e. The topological polar surface area (TPSA) is 109 Å². The van der Waals surface area contributed by atoms with Gasteiger partial charge in [0.15, 0.2) is 0 Å². The van der Waals surface area contributed by atoms with Crippen LogP contribution in [-0.4, -0.2) is 50.8 Å². The van der Waals surface area contributed by atoms with Crippen LogP contribution in [0.25, 0.3) is 33.1 Å². The average Bonchev–Trinajstić information content (AvgIpc) is 3.58. The number of carbonyl (C=O) groups excluding carboxylic acids is 1. The molecule has 6 rings (SSSR count). The molecule has 6 aromatic rings. The summed E-state index contributed by atoms with van der Waals surface area (Å²) >= 11 is 0. The third kappa shape index (κ3) is 2.31. The normalized spacial score (nSPS) is 12.2. The minimum absolute atomic E-state index is 0.191. The minimum atomic E-state index is -1.64. The Kier molecular flexibility index (Phi) is 3.88. The van der Waals surface area contributed by atoms with Gasteiger partial charge >= 0.3 is 5.79 Å². The maximum absolute atomic E-state index is 14.0. The molecule has 3 aromatic heterocycles. The quantitative estimate of drug-likeness (QED) is 0.419. The molecule has 0 spiro atoms. The number of rotatable bonds is 5. The molecular formula is C22H17N9O. The van der Waals surface area contributed by atoms with E-state index >= 15 is 0 Å². The number of carbonyl (C=O) groups is 1. The van der Waals surface area contributed by atoms with Crippen molar-refractivity contribution in [1.82, 2.24) is 45.0 Å². The lowest BCUT2D eigenvalue weighted by atomic mass is 10.1. The highest BCUT2D eigenvalue weighted by molar-refractivity contribution is 5.91. The lowest BCUT2D eigenvalue weighted by Crippen LogP contribution is -2.56. The molecule has 0 aliphatic rings. The van der Waals surface area contributed by atoms with Crippen molar-refractivity contribution in [2.75, 3.05) is 0 Å². The fraction of sp³-hybridized carbons (Fsp3) is 0.136. The number of hydrogen-bond donors (Lipinski definition) is 0. The van der Waals surface area contributed by atoms with Gasteiger partial charge in [-0.2, -0.15) is 14.0 Å². The Morgan fingerprint density at radius 1 is 0.656 bits per heavy atom. The van der Waals surface area contributed by atoms with Gasteiger partial charge in [0.1, 0.15) is 16.6 Å². The number of Topliss-reactive ketones (excluding diaryl/α,β-unsaturated/α-hetero) is 1. The molecule has 0 radical (unpaired) electrons. The van der Waals surface area contributed by atoms with Gasteiger partial charge < -0.3 is 0 Å². The Balaban J connectivity index is 1.83. The summed E-state index contributed by atoms with van der Waals surface area (Å²) in [4.78, 5) is 14.0. The van der Waals surface area contributed by atoms with Crippen molar-refractivity contribution in [3.63, 3.8) is 0 Å². The Morgan fingerprint density at radius 3 is 1.34 bits per heavy atom. The molecule has 0 bridgehead atoms. The molecule has 0 saturated heterocycles. The van der Waals surface area contributed by atoms with Crippen molar-refractivity contribution in [1.29, 1.82) is 0 Å². The SMILES string of the molecule is CCC(=O)C(n1nnc2ccccc21)(n1nnc2ccccc21)n1nnc2ccccc21. The fourth-order valence-electron chi connectivity index (χ4n) is 4.16. The second kappa shape index (κ2) is 6.77. The lowest BCUT2D eigenvalue weighted by molar-refractivity contribution is -0.132. The summed E-state index contributed by atoms with van der Waals surface area (Å²) in [7, 11) is 0. The average molecular weight is 423 g/mol. The summed E-state index contributed by atoms with van der Waals surface area (Å²) in [6.45, 7) is 1.80. The van der Waals surface area contributed by atoms with Crippen LogP contribution in [-0.2, 0) is 10.6 Å². The van der Waals surface area contributed by atoms with Crippen LogP contribution in [0.5, 0.6) is 0 Å². The summed E-state index contributed by atoms with van der Waals surface area (Å²) < 4.78 is 4.70. The van der Waals surface area contributed by atoms with Crippen LogP contribution in [0.3, 0.4) is 0 Å². The van der Waals surface area contributed by atoms with Gasteiger partial charge in [-0.15, -0.1) is 15.3 Å². The number of benzene rings is 3. The van der Waals surface area contributed by atoms with Gasteiger partial charge in [0, 0.05) is 6.42 Å². The van der Waals surface area contributed by atoms with Crippen molar-refractivity contribution >= 4 is 38.9 Å². The second-order valence-corrected chi connectivity index (χ2v) is 7.38. The summed E-state index contributed by atoms with van der Waals surface area (Å²) in [5, 5.41) is 26.2. The van der Waals surface area contributed by atoms with Crippen LogP contribution in [0, 0.1) is 0 Å². The largest absolute Gasteiger partial charge is 0.316 e. The summed E-state index contributed by atoms with van der Waals surface area (Å²) in [6.07, 6.45) is 0.191. The van der Waals surface area contributed by atoms with Crippen molar-refractivity contribution in [2.45, 2.75) is 19.1 Å². The molecule has 0 aliphatic carbocycles. The molecule has 0 aliphatic heterocycles. The van der Waals surface area contributed by atoms with E-state index in [0.717, 1.165) is 0 Å². The Morgan fingerprint density at radius 2 is 1.00 bits per heavy atom. The number of para-hydroxylation sites is 3. The van der Waals surface area contributed by atoms with Gasteiger partial charge in [-0.05, 0) is 36.4 Å². The van der Waals surface area contributed by atoms with Gasteiger partial charge in [-0.25, -0.2) is 0 Å². The molecular weight excluding hydrogens is 406 g/mol. The Hall–Kier alpha value is -4.47. The van der Waals surface area contributed by atoms with E-state index < -0.39 is 5.79 Å². The highest BCUT2D eigenvalue weighted by Gasteiger charge is 2.49. The number of ketones is 1. The molecule has 0 saturated carbocycles. The zero-order chi connectivity index (χ0) is 21.7. The lowest BCUT2D eigenvalue weighted by Gasteiger charge is -2.32. The number of aromatic nitrogens is 9. The van der Waals surface area contributed by atoms with Crippen LogP contribution in [0.2, 0.25) is 0 Å². The minimum Gasteiger partial charge on any atom is -0.292 e.